The van der Waals surface area contributed by atoms with Gasteiger partial charge in [0.2, 0.25) is 5.91 Å². The summed E-state index contributed by atoms with van der Waals surface area (Å²) in [5.74, 6) is 1.98. The Morgan fingerprint density at radius 2 is 2.18 bits per heavy atom. The Hall–Kier alpha value is -0.260. The van der Waals surface area contributed by atoms with Crippen LogP contribution in [0, 0.1) is 0 Å². The van der Waals surface area contributed by atoms with Crippen LogP contribution in [0.1, 0.15) is 32.1 Å². The van der Waals surface area contributed by atoms with Crippen molar-refractivity contribution in [1.29, 1.82) is 0 Å². The number of rotatable bonds is 3. The van der Waals surface area contributed by atoms with E-state index in [1.54, 1.807) is 0 Å². The Morgan fingerprint density at radius 3 is 2.76 bits per heavy atom. The zero-order valence-electron chi connectivity index (χ0n) is 10.2. The number of thioether (sulfide) groups is 1. The van der Waals surface area contributed by atoms with Gasteiger partial charge in [0, 0.05) is 18.1 Å². The van der Waals surface area contributed by atoms with Gasteiger partial charge in [-0.2, -0.15) is 11.8 Å². The largest absolute Gasteiger partial charge is 0.394 e. The van der Waals surface area contributed by atoms with Crippen molar-refractivity contribution in [2.24, 2.45) is 0 Å². The minimum Gasteiger partial charge on any atom is -0.394 e. The Labute approximate surface area is 107 Å². The number of aliphatic hydroxyl groups excluding tert-OH is 1. The third-order valence-electron chi connectivity index (χ3n) is 3.74. The molecule has 1 heterocycles. The van der Waals surface area contributed by atoms with E-state index in [9.17, 15) is 9.90 Å². The first-order valence-electron chi connectivity index (χ1n) is 6.50. The van der Waals surface area contributed by atoms with Crippen molar-refractivity contribution in [3.8, 4) is 0 Å². The Balaban J connectivity index is 1.90. The summed E-state index contributed by atoms with van der Waals surface area (Å²) in [6, 6.07) is -0.0842. The summed E-state index contributed by atoms with van der Waals surface area (Å²) < 4.78 is 0. The van der Waals surface area contributed by atoms with Crippen molar-refractivity contribution >= 4 is 17.7 Å². The van der Waals surface area contributed by atoms with Crippen LogP contribution in [-0.2, 0) is 4.79 Å². The lowest BCUT2D eigenvalue weighted by molar-refractivity contribution is -0.125. The van der Waals surface area contributed by atoms with Gasteiger partial charge in [-0.1, -0.05) is 19.3 Å². The highest BCUT2D eigenvalue weighted by Gasteiger charge is 2.35. The predicted octanol–water partition coefficient (Wildman–Crippen LogP) is 0.503. The number of hydrogen-bond acceptors (Lipinski definition) is 4. The number of amides is 1. The van der Waals surface area contributed by atoms with Crippen LogP contribution < -0.4 is 10.6 Å². The molecule has 0 spiro atoms. The van der Waals surface area contributed by atoms with Crippen molar-refractivity contribution in [3.05, 3.63) is 0 Å². The molecule has 0 aromatic rings. The topological polar surface area (TPSA) is 61.4 Å². The molecule has 1 aliphatic heterocycles. The highest BCUT2D eigenvalue weighted by molar-refractivity contribution is 7.99. The predicted molar refractivity (Wildman–Crippen MR) is 70.2 cm³/mol. The number of nitrogens with one attached hydrogen (secondary N) is 2. The fourth-order valence-corrected chi connectivity index (χ4v) is 3.57. The molecule has 1 saturated heterocycles. The van der Waals surface area contributed by atoms with E-state index in [0.29, 0.717) is 0 Å². The van der Waals surface area contributed by atoms with Crippen LogP contribution >= 0.6 is 11.8 Å². The molecule has 3 N–H and O–H groups in total. The van der Waals surface area contributed by atoms with Gasteiger partial charge in [-0.15, -0.1) is 0 Å². The molecule has 0 aromatic heterocycles. The smallest absolute Gasteiger partial charge is 0.238 e. The van der Waals surface area contributed by atoms with Crippen LogP contribution in [0.15, 0.2) is 0 Å². The maximum Gasteiger partial charge on any atom is 0.238 e. The molecular formula is C12H22N2O2S. The molecule has 1 saturated carbocycles. The lowest BCUT2D eigenvalue weighted by atomic mass is 9.82. The van der Waals surface area contributed by atoms with Gasteiger partial charge in [0.15, 0.2) is 0 Å². The van der Waals surface area contributed by atoms with E-state index in [1.165, 1.54) is 6.42 Å². The average Bonchev–Trinajstić information content (AvgIpc) is 2.41. The molecule has 1 amide bonds. The van der Waals surface area contributed by atoms with Gasteiger partial charge >= 0.3 is 0 Å². The van der Waals surface area contributed by atoms with Gasteiger partial charge < -0.3 is 15.7 Å². The summed E-state index contributed by atoms with van der Waals surface area (Å²) >= 11 is 1.81. The molecule has 2 fully saturated rings. The molecule has 2 aliphatic rings. The zero-order chi connectivity index (χ0) is 12.1. The van der Waals surface area contributed by atoms with Gasteiger partial charge in [-0.3, -0.25) is 4.79 Å². The maximum absolute atomic E-state index is 12.1. The summed E-state index contributed by atoms with van der Waals surface area (Å²) in [5.41, 5.74) is -0.348. The van der Waals surface area contributed by atoms with Crippen LogP contribution in [0.3, 0.4) is 0 Å². The van der Waals surface area contributed by atoms with Crippen LogP contribution in [0.4, 0.5) is 0 Å². The van der Waals surface area contributed by atoms with Crippen molar-refractivity contribution < 1.29 is 9.90 Å². The van der Waals surface area contributed by atoms with Crippen LogP contribution in [0.2, 0.25) is 0 Å². The number of hydrogen-bond donors (Lipinski definition) is 3. The van der Waals surface area contributed by atoms with Crippen LogP contribution in [0.5, 0.6) is 0 Å². The summed E-state index contributed by atoms with van der Waals surface area (Å²) in [7, 11) is 0. The van der Waals surface area contributed by atoms with Gasteiger partial charge in [0.25, 0.3) is 0 Å². The van der Waals surface area contributed by atoms with E-state index in [2.05, 4.69) is 10.6 Å². The molecule has 5 heteroatoms. The summed E-state index contributed by atoms with van der Waals surface area (Å²) in [5, 5.41) is 15.9. The molecule has 0 radical (unpaired) electrons. The molecule has 17 heavy (non-hydrogen) atoms. The fraction of sp³-hybridized carbons (Fsp3) is 0.917. The second-order valence-corrected chi connectivity index (χ2v) is 6.22. The molecule has 2 rings (SSSR count). The van der Waals surface area contributed by atoms with Crippen molar-refractivity contribution in [3.63, 3.8) is 0 Å². The fourth-order valence-electron chi connectivity index (χ4n) is 2.63. The Kier molecular flexibility index (Phi) is 4.70. The molecule has 1 atom stereocenters. The third-order valence-corrected chi connectivity index (χ3v) is 4.80. The normalized spacial score (nSPS) is 28.6. The SMILES string of the molecule is O=C(NC1(CO)CCCCC1)C1CSCCN1. The van der Waals surface area contributed by atoms with E-state index in [1.807, 2.05) is 11.8 Å². The molecule has 1 aliphatic carbocycles. The van der Waals surface area contributed by atoms with Gasteiger partial charge in [0.05, 0.1) is 18.2 Å². The standard InChI is InChI=1S/C12H22N2O2S/c15-9-12(4-2-1-3-5-12)14-11(16)10-8-17-7-6-13-10/h10,13,15H,1-9H2,(H,14,16). The Bertz CT molecular complexity index is 261. The first kappa shape index (κ1) is 13.2. The third kappa shape index (κ3) is 3.36. The van der Waals surface area contributed by atoms with Gasteiger partial charge in [-0.25, -0.2) is 0 Å². The molecular weight excluding hydrogens is 236 g/mol. The molecule has 0 aromatic carbocycles. The van der Waals surface area contributed by atoms with Crippen molar-refractivity contribution in [2.45, 2.75) is 43.7 Å². The van der Waals surface area contributed by atoms with E-state index in [-0.39, 0.29) is 24.1 Å². The summed E-state index contributed by atoms with van der Waals surface area (Å²) in [6.07, 6.45) is 5.25. The Morgan fingerprint density at radius 1 is 1.41 bits per heavy atom. The number of carbonyl (C=O) groups is 1. The summed E-state index contributed by atoms with van der Waals surface area (Å²) in [4.78, 5) is 12.1. The monoisotopic (exact) mass is 258 g/mol. The van der Waals surface area contributed by atoms with E-state index < -0.39 is 0 Å². The molecule has 4 nitrogen and oxygen atoms in total. The first-order valence-corrected chi connectivity index (χ1v) is 7.65. The molecule has 1 unspecified atom stereocenters. The highest BCUT2D eigenvalue weighted by atomic mass is 32.2. The van der Waals surface area contributed by atoms with Crippen molar-refractivity contribution in [2.75, 3.05) is 24.7 Å². The van der Waals surface area contributed by atoms with E-state index >= 15 is 0 Å². The summed E-state index contributed by atoms with van der Waals surface area (Å²) in [6.45, 7) is 0.966. The quantitative estimate of drug-likeness (QED) is 0.690. The first-order chi connectivity index (χ1) is 8.26. The lowest BCUT2D eigenvalue weighted by Gasteiger charge is -2.38. The second-order valence-electron chi connectivity index (χ2n) is 5.07. The molecule has 98 valence electrons. The second kappa shape index (κ2) is 6.07. The lowest BCUT2D eigenvalue weighted by Crippen LogP contribution is -2.59. The zero-order valence-corrected chi connectivity index (χ0v) is 11.0. The molecule has 0 bridgehead atoms. The minimum atomic E-state index is -0.348. The highest BCUT2D eigenvalue weighted by Crippen LogP contribution is 2.28. The van der Waals surface area contributed by atoms with Gasteiger partial charge in [0.1, 0.15) is 0 Å². The maximum atomic E-state index is 12.1. The van der Waals surface area contributed by atoms with Crippen molar-refractivity contribution in [1.82, 2.24) is 10.6 Å². The van der Waals surface area contributed by atoms with Gasteiger partial charge in [-0.05, 0) is 12.8 Å². The minimum absolute atomic E-state index is 0.0631. The average molecular weight is 258 g/mol. The van der Waals surface area contributed by atoms with Crippen LogP contribution in [0.25, 0.3) is 0 Å². The van der Waals surface area contributed by atoms with E-state index in [0.717, 1.165) is 43.7 Å². The van der Waals surface area contributed by atoms with E-state index in [4.69, 9.17) is 0 Å². The van der Waals surface area contributed by atoms with Crippen LogP contribution in [-0.4, -0.2) is 47.3 Å². The number of carbonyl (C=O) groups excluding carboxylic acids is 1. The number of aliphatic hydroxyl groups is 1.